The molecule has 1 aromatic carbocycles. The van der Waals surface area contributed by atoms with E-state index < -0.39 is 27.9 Å². The van der Waals surface area contributed by atoms with E-state index in [1.807, 2.05) is 0 Å². The van der Waals surface area contributed by atoms with Gasteiger partial charge in [0.15, 0.2) is 5.78 Å². The van der Waals surface area contributed by atoms with Crippen molar-refractivity contribution in [1.82, 2.24) is 15.3 Å². The van der Waals surface area contributed by atoms with Crippen molar-refractivity contribution in [3.05, 3.63) is 42.2 Å². The van der Waals surface area contributed by atoms with E-state index in [4.69, 9.17) is 33.9 Å². The van der Waals surface area contributed by atoms with Gasteiger partial charge in [0.1, 0.15) is 19.0 Å². The average molecular weight is 839 g/mol. The molecule has 0 bridgehead atoms. The average Bonchev–Trinajstić information content (AvgIpc) is 3.19. The van der Waals surface area contributed by atoms with Crippen LogP contribution in [-0.4, -0.2) is 118 Å². The minimum Gasteiger partial charge on any atom is -0.494 e. The Morgan fingerprint density at radius 1 is 0.569 bits per heavy atom. The molecule has 0 aliphatic rings. The number of carbonyl (C=O) groups excluding carboxylic acids is 2. The Morgan fingerprint density at radius 3 is 1.69 bits per heavy atom. The van der Waals surface area contributed by atoms with Crippen LogP contribution < -0.4 is 14.8 Å². The summed E-state index contributed by atoms with van der Waals surface area (Å²) >= 11 is 0. The van der Waals surface area contributed by atoms with Crippen LogP contribution >= 0.6 is 0 Å². The molecular formula is C40H62N4O13S. The number of carboxylic acids is 2. The van der Waals surface area contributed by atoms with E-state index in [1.54, 1.807) is 12.1 Å². The number of unbranched alkanes of at least 4 members (excludes halogenated alkanes) is 12. The Morgan fingerprint density at radius 2 is 1.10 bits per heavy atom. The van der Waals surface area contributed by atoms with Gasteiger partial charge in [-0.2, -0.15) is 0 Å². The largest absolute Gasteiger partial charge is 0.494 e. The van der Waals surface area contributed by atoms with Gasteiger partial charge in [0.05, 0.1) is 50.1 Å². The molecular weight excluding hydrogens is 777 g/mol. The Hall–Kier alpha value is -4.23. The molecule has 1 amide bonds. The highest BCUT2D eigenvalue weighted by Crippen LogP contribution is 2.19. The molecule has 1 aromatic heterocycles. The van der Waals surface area contributed by atoms with Crippen LogP contribution in [0.2, 0.25) is 0 Å². The number of aromatic nitrogens is 2. The summed E-state index contributed by atoms with van der Waals surface area (Å²) in [7, 11) is -3.98. The lowest BCUT2D eigenvalue weighted by atomic mass is 10.0. The third kappa shape index (κ3) is 25.9. The van der Waals surface area contributed by atoms with Crippen molar-refractivity contribution in [1.29, 1.82) is 0 Å². The monoisotopic (exact) mass is 838 g/mol. The van der Waals surface area contributed by atoms with Gasteiger partial charge >= 0.3 is 11.9 Å². The summed E-state index contributed by atoms with van der Waals surface area (Å²) in [5.41, 5.74) is 0.134. The number of sulfonamides is 1. The number of nitrogens with one attached hydrogen (secondary N) is 2. The maximum absolute atomic E-state index is 12.9. The second-order valence-corrected chi connectivity index (χ2v) is 15.3. The summed E-state index contributed by atoms with van der Waals surface area (Å²) in [6.45, 7) is 1.71. The lowest BCUT2D eigenvalue weighted by Crippen LogP contribution is -2.28. The van der Waals surface area contributed by atoms with Gasteiger partial charge in [0.25, 0.3) is 15.9 Å². The quantitative estimate of drug-likeness (QED) is 0.0617. The van der Waals surface area contributed by atoms with Gasteiger partial charge < -0.3 is 39.2 Å². The fourth-order valence-corrected chi connectivity index (χ4v) is 6.43. The molecule has 0 unspecified atom stereocenters. The van der Waals surface area contributed by atoms with Crippen LogP contribution in [-0.2, 0) is 43.4 Å². The van der Waals surface area contributed by atoms with E-state index in [-0.39, 0.29) is 87.8 Å². The van der Waals surface area contributed by atoms with Crippen molar-refractivity contribution in [2.24, 2.45) is 0 Å². The normalized spacial score (nSPS) is 11.3. The van der Waals surface area contributed by atoms with Crippen molar-refractivity contribution in [2.75, 3.05) is 70.7 Å². The third-order valence-electron chi connectivity index (χ3n) is 8.59. The number of ketones is 1. The minimum atomic E-state index is -3.98. The number of anilines is 1. The van der Waals surface area contributed by atoms with Crippen molar-refractivity contribution in [3.63, 3.8) is 0 Å². The highest BCUT2D eigenvalue weighted by molar-refractivity contribution is 7.92. The van der Waals surface area contributed by atoms with Crippen molar-refractivity contribution >= 4 is 39.6 Å². The zero-order chi connectivity index (χ0) is 42.1. The molecule has 0 spiro atoms. The van der Waals surface area contributed by atoms with Gasteiger partial charge in [0.2, 0.25) is 5.95 Å². The van der Waals surface area contributed by atoms with Crippen molar-refractivity contribution in [3.8, 4) is 5.75 Å². The Kier molecular flexibility index (Phi) is 27.3. The molecule has 326 valence electrons. The molecule has 0 saturated heterocycles. The molecule has 4 N–H and O–H groups in total. The van der Waals surface area contributed by atoms with Gasteiger partial charge in [-0.05, 0) is 43.5 Å². The Labute approximate surface area is 342 Å². The van der Waals surface area contributed by atoms with E-state index in [0.717, 1.165) is 38.5 Å². The summed E-state index contributed by atoms with van der Waals surface area (Å²) in [6, 6.07) is 6.10. The number of carboxylic acid groups (broad SMARTS) is 2. The van der Waals surface area contributed by atoms with Crippen molar-refractivity contribution in [2.45, 2.75) is 108 Å². The van der Waals surface area contributed by atoms with E-state index in [2.05, 4.69) is 20.0 Å². The summed E-state index contributed by atoms with van der Waals surface area (Å²) < 4.78 is 54.7. The molecule has 0 saturated carbocycles. The molecule has 17 nitrogen and oxygen atoms in total. The number of hydrogen-bond acceptors (Lipinski definition) is 13. The maximum atomic E-state index is 12.9. The number of Topliss-reactive ketones (excluding diaryl/α,β-unsaturated/α-hetero) is 1. The fourth-order valence-electron chi connectivity index (χ4n) is 5.47. The summed E-state index contributed by atoms with van der Waals surface area (Å²) in [6.07, 6.45) is 18.2. The number of rotatable bonds is 38. The summed E-state index contributed by atoms with van der Waals surface area (Å²) in [5.74, 6) is -1.90. The van der Waals surface area contributed by atoms with E-state index in [0.29, 0.717) is 25.4 Å². The molecule has 0 aliphatic carbocycles. The molecule has 18 heteroatoms. The lowest BCUT2D eigenvalue weighted by molar-refractivity contribution is -0.143. The predicted molar refractivity (Wildman–Crippen MR) is 215 cm³/mol. The molecule has 0 aliphatic heterocycles. The first-order chi connectivity index (χ1) is 28.1. The SMILES string of the molecule is O=C(O)CCCCCCCCCCCCCCCOc1ccc(S(=O)(=O)Nc2ncc(C(=O)NCCOCCOCC(=O)CCCOCCOCC(=O)O)cn2)cc1. The number of amides is 1. The zero-order valence-electron chi connectivity index (χ0n) is 33.5. The van der Waals surface area contributed by atoms with E-state index >= 15 is 0 Å². The number of nitrogens with zero attached hydrogens (tertiary/aromatic N) is 2. The second-order valence-electron chi connectivity index (χ2n) is 13.6. The lowest BCUT2D eigenvalue weighted by Gasteiger charge is -2.10. The molecule has 58 heavy (non-hydrogen) atoms. The molecule has 0 radical (unpaired) electrons. The van der Waals surface area contributed by atoms with Crippen molar-refractivity contribution < 1.29 is 61.5 Å². The maximum Gasteiger partial charge on any atom is 0.329 e. The summed E-state index contributed by atoms with van der Waals surface area (Å²) in [5, 5.41) is 19.8. The summed E-state index contributed by atoms with van der Waals surface area (Å²) in [4.78, 5) is 53.1. The third-order valence-corrected chi connectivity index (χ3v) is 9.93. The topological polar surface area (TPSA) is 239 Å². The van der Waals surface area contributed by atoms with Crippen LogP contribution in [0.4, 0.5) is 5.95 Å². The smallest absolute Gasteiger partial charge is 0.329 e. The number of carbonyl (C=O) groups is 4. The minimum absolute atomic E-state index is 0.0130. The fraction of sp³-hybridized carbons (Fsp3) is 0.650. The van der Waals surface area contributed by atoms with Crippen LogP contribution in [0.5, 0.6) is 5.75 Å². The number of ether oxygens (including phenoxy) is 5. The van der Waals surface area contributed by atoms with Gasteiger partial charge in [-0.15, -0.1) is 0 Å². The Balaban J connectivity index is 1.49. The van der Waals surface area contributed by atoms with Gasteiger partial charge in [-0.25, -0.2) is 27.9 Å². The highest BCUT2D eigenvalue weighted by atomic mass is 32.2. The van der Waals surface area contributed by atoms with Gasteiger partial charge in [0, 0.05) is 38.4 Å². The molecule has 0 fully saturated rings. The number of aliphatic carboxylic acids is 2. The van der Waals surface area contributed by atoms with Crippen LogP contribution in [0.3, 0.4) is 0 Å². The first-order valence-corrected chi connectivity index (χ1v) is 21.7. The van der Waals surface area contributed by atoms with Crippen LogP contribution in [0.15, 0.2) is 41.6 Å². The number of benzene rings is 1. The second kappa shape index (κ2) is 31.7. The molecule has 1 heterocycles. The Bertz CT molecular complexity index is 1540. The van der Waals surface area contributed by atoms with Crippen LogP contribution in [0.25, 0.3) is 0 Å². The zero-order valence-corrected chi connectivity index (χ0v) is 34.4. The standard InChI is InChI=1S/C40H62N4O13S/c45-34(15-14-22-53-25-28-56-32-38(48)49)31-55-27-26-54-24-21-41-39(50)33-29-42-40(43-30-33)44-58(51,52)36-19-17-35(18-20-36)57-23-13-11-9-7-5-3-1-2-4-6-8-10-12-16-37(46)47/h17-20,29-30H,1-16,21-28,31-32H2,(H,41,50)(H,46,47)(H,48,49)(H,42,43,44). The molecule has 2 rings (SSSR count). The van der Waals surface area contributed by atoms with E-state index in [9.17, 15) is 27.6 Å². The highest BCUT2D eigenvalue weighted by Gasteiger charge is 2.17. The molecule has 2 aromatic rings. The van der Waals surface area contributed by atoms with Crippen LogP contribution in [0.1, 0.15) is 113 Å². The molecule has 0 atom stereocenters. The van der Waals surface area contributed by atoms with Gasteiger partial charge in [-0.3, -0.25) is 14.4 Å². The predicted octanol–water partition coefficient (Wildman–Crippen LogP) is 5.43. The first kappa shape index (κ1) is 49.9. The first-order valence-electron chi connectivity index (χ1n) is 20.2. The van der Waals surface area contributed by atoms with Gasteiger partial charge in [-0.1, -0.05) is 70.6 Å². The van der Waals surface area contributed by atoms with E-state index in [1.165, 1.54) is 69.5 Å². The number of hydrogen-bond donors (Lipinski definition) is 4. The van der Waals surface area contributed by atoms with Crippen LogP contribution in [0, 0.1) is 0 Å².